The van der Waals surface area contributed by atoms with Gasteiger partial charge >= 0.3 is 5.69 Å². The molecular formula is C18H16N2O2. The van der Waals surface area contributed by atoms with Crippen molar-refractivity contribution in [2.45, 2.75) is 12.8 Å². The van der Waals surface area contributed by atoms with E-state index in [4.69, 9.17) is 4.74 Å². The topological polar surface area (TPSA) is 44.1 Å². The molecule has 3 aromatic rings. The Hall–Kier alpha value is -2.46. The number of fused-ring (bicyclic) bond motifs is 1. The summed E-state index contributed by atoms with van der Waals surface area (Å²) in [4.78, 5) is 16.6. The van der Waals surface area contributed by atoms with Crippen molar-refractivity contribution in [1.29, 1.82) is 0 Å². The van der Waals surface area contributed by atoms with Crippen LogP contribution >= 0.6 is 0 Å². The van der Waals surface area contributed by atoms with E-state index in [1.807, 2.05) is 37.3 Å². The molecular weight excluding hydrogens is 276 g/mol. The molecule has 0 atom stereocenters. The van der Waals surface area contributed by atoms with Gasteiger partial charge in [0.2, 0.25) is 0 Å². The lowest BCUT2D eigenvalue weighted by Crippen LogP contribution is -2.26. The van der Waals surface area contributed by atoms with Crippen LogP contribution in [0.3, 0.4) is 0 Å². The summed E-state index contributed by atoms with van der Waals surface area (Å²) in [7, 11) is 0. The third-order valence-corrected chi connectivity index (χ3v) is 4.23. The van der Waals surface area contributed by atoms with Gasteiger partial charge in [-0.25, -0.2) is 4.79 Å². The molecule has 1 aromatic heterocycles. The summed E-state index contributed by atoms with van der Waals surface area (Å²) in [5.74, 6) is 0.428. The molecule has 1 aliphatic rings. The van der Waals surface area contributed by atoms with Crippen LogP contribution in [0.1, 0.15) is 17.2 Å². The van der Waals surface area contributed by atoms with E-state index in [0.717, 1.165) is 35.5 Å². The lowest BCUT2D eigenvalue weighted by Gasteiger charge is -2.26. The maximum absolute atomic E-state index is 12.4. The molecule has 4 nitrogen and oxygen atoms in total. The van der Waals surface area contributed by atoms with Gasteiger partial charge < -0.3 is 4.74 Å². The van der Waals surface area contributed by atoms with Gasteiger partial charge in [0.05, 0.1) is 30.1 Å². The highest BCUT2D eigenvalue weighted by atomic mass is 16.5. The molecule has 22 heavy (non-hydrogen) atoms. The number of hydrogen-bond donors (Lipinski definition) is 0. The molecule has 0 spiro atoms. The highest BCUT2D eigenvalue weighted by Gasteiger charge is 2.21. The van der Waals surface area contributed by atoms with Gasteiger partial charge in [-0.15, -0.1) is 0 Å². The van der Waals surface area contributed by atoms with Crippen molar-refractivity contribution in [2.75, 3.05) is 13.2 Å². The number of para-hydroxylation sites is 1. The molecule has 4 rings (SSSR count). The molecule has 1 fully saturated rings. The third kappa shape index (κ3) is 2.04. The highest BCUT2D eigenvalue weighted by molar-refractivity contribution is 5.83. The number of ether oxygens (including phenoxy) is 1. The van der Waals surface area contributed by atoms with Gasteiger partial charge in [0, 0.05) is 11.3 Å². The summed E-state index contributed by atoms with van der Waals surface area (Å²) in [5, 5.41) is 1.01. The molecule has 0 saturated carbocycles. The number of aromatic nitrogens is 2. The molecule has 2 aromatic carbocycles. The summed E-state index contributed by atoms with van der Waals surface area (Å²) in [6.07, 6.45) is 0. The van der Waals surface area contributed by atoms with E-state index >= 15 is 0 Å². The van der Waals surface area contributed by atoms with Crippen LogP contribution in [0.5, 0.6) is 0 Å². The van der Waals surface area contributed by atoms with Gasteiger partial charge in [-0.2, -0.15) is 4.98 Å². The van der Waals surface area contributed by atoms with Crippen LogP contribution in [0.2, 0.25) is 0 Å². The maximum Gasteiger partial charge on any atom is 0.352 e. The van der Waals surface area contributed by atoms with Crippen molar-refractivity contribution in [3.63, 3.8) is 0 Å². The van der Waals surface area contributed by atoms with E-state index in [-0.39, 0.29) is 5.69 Å². The zero-order valence-electron chi connectivity index (χ0n) is 12.3. The van der Waals surface area contributed by atoms with Crippen molar-refractivity contribution >= 4 is 10.9 Å². The summed E-state index contributed by atoms with van der Waals surface area (Å²) in [6, 6.07) is 15.9. The van der Waals surface area contributed by atoms with Crippen LogP contribution in [-0.2, 0) is 4.74 Å². The van der Waals surface area contributed by atoms with Crippen molar-refractivity contribution in [3.05, 3.63) is 70.3 Å². The standard InChI is InChI=1S/C18H16N2O2/c1-12-16-8-7-13(14-10-22-11-14)9-17(16)20(18(21)19-12)15-5-3-2-4-6-15/h2-9,14H,10-11H2,1H3. The van der Waals surface area contributed by atoms with E-state index in [0.29, 0.717) is 5.92 Å². The minimum atomic E-state index is -0.238. The predicted octanol–water partition coefficient (Wildman–Crippen LogP) is 2.81. The average Bonchev–Trinajstić information content (AvgIpc) is 2.46. The molecule has 4 heteroatoms. The minimum Gasteiger partial charge on any atom is -0.380 e. The zero-order chi connectivity index (χ0) is 15.1. The first-order valence-electron chi connectivity index (χ1n) is 7.40. The average molecular weight is 292 g/mol. The zero-order valence-corrected chi connectivity index (χ0v) is 12.3. The molecule has 0 amide bonds. The number of aryl methyl sites for hydroxylation is 1. The van der Waals surface area contributed by atoms with Crippen LogP contribution in [0.15, 0.2) is 53.3 Å². The quantitative estimate of drug-likeness (QED) is 0.729. The van der Waals surface area contributed by atoms with E-state index in [1.165, 1.54) is 5.56 Å². The van der Waals surface area contributed by atoms with Crippen LogP contribution in [0, 0.1) is 6.92 Å². The fraction of sp³-hybridized carbons (Fsp3) is 0.222. The van der Waals surface area contributed by atoms with Crippen molar-refractivity contribution in [3.8, 4) is 5.69 Å². The number of rotatable bonds is 2. The second kappa shape index (κ2) is 5.07. The number of nitrogens with zero attached hydrogens (tertiary/aromatic N) is 2. The number of hydrogen-bond acceptors (Lipinski definition) is 3. The molecule has 0 bridgehead atoms. The van der Waals surface area contributed by atoms with E-state index < -0.39 is 0 Å². The first kappa shape index (κ1) is 13.2. The van der Waals surface area contributed by atoms with Gasteiger partial charge in [-0.3, -0.25) is 4.57 Å². The summed E-state index contributed by atoms with van der Waals surface area (Å²) in [6.45, 7) is 3.39. The Kier molecular flexibility index (Phi) is 3.05. The second-order valence-corrected chi connectivity index (χ2v) is 5.66. The Morgan fingerprint density at radius 2 is 1.91 bits per heavy atom. The Balaban J connectivity index is 2.03. The molecule has 0 N–H and O–H groups in total. The van der Waals surface area contributed by atoms with Crippen molar-refractivity contribution in [1.82, 2.24) is 9.55 Å². The SMILES string of the molecule is Cc1nc(=O)n(-c2ccccc2)c2cc(C3COC3)ccc12. The summed E-state index contributed by atoms with van der Waals surface area (Å²) in [5.41, 5.74) is 3.50. The molecule has 0 aliphatic carbocycles. The van der Waals surface area contributed by atoms with Crippen molar-refractivity contribution in [2.24, 2.45) is 0 Å². The van der Waals surface area contributed by atoms with Crippen LogP contribution in [0.25, 0.3) is 16.6 Å². The monoisotopic (exact) mass is 292 g/mol. The normalized spacial score (nSPS) is 15.0. The van der Waals surface area contributed by atoms with Gasteiger partial charge in [0.15, 0.2) is 0 Å². The molecule has 1 saturated heterocycles. The van der Waals surface area contributed by atoms with E-state index in [9.17, 15) is 4.79 Å². The number of benzene rings is 2. The lowest BCUT2D eigenvalue weighted by molar-refractivity contribution is 0.00847. The smallest absolute Gasteiger partial charge is 0.352 e. The Morgan fingerprint density at radius 1 is 1.14 bits per heavy atom. The van der Waals surface area contributed by atoms with Gasteiger partial charge in [0.1, 0.15) is 0 Å². The Labute approximate surface area is 128 Å². The van der Waals surface area contributed by atoms with Crippen molar-refractivity contribution < 1.29 is 4.74 Å². The Bertz CT molecular complexity index is 896. The molecule has 1 aliphatic heterocycles. The third-order valence-electron chi connectivity index (χ3n) is 4.23. The largest absolute Gasteiger partial charge is 0.380 e. The predicted molar refractivity (Wildman–Crippen MR) is 85.6 cm³/mol. The lowest BCUT2D eigenvalue weighted by atomic mass is 9.96. The fourth-order valence-corrected chi connectivity index (χ4v) is 2.91. The van der Waals surface area contributed by atoms with Gasteiger partial charge in [0.25, 0.3) is 0 Å². The fourth-order valence-electron chi connectivity index (χ4n) is 2.91. The first-order chi connectivity index (χ1) is 10.7. The minimum absolute atomic E-state index is 0.238. The van der Waals surface area contributed by atoms with E-state index in [1.54, 1.807) is 4.57 Å². The second-order valence-electron chi connectivity index (χ2n) is 5.66. The van der Waals surface area contributed by atoms with Crippen LogP contribution < -0.4 is 5.69 Å². The summed E-state index contributed by atoms with van der Waals surface area (Å²) >= 11 is 0. The molecule has 0 unspecified atom stereocenters. The van der Waals surface area contributed by atoms with Gasteiger partial charge in [-0.05, 0) is 30.7 Å². The molecule has 110 valence electrons. The highest BCUT2D eigenvalue weighted by Crippen LogP contribution is 2.28. The van der Waals surface area contributed by atoms with Crippen LogP contribution in [-0.4, -0.2) is 22.8 Å². The Morgan fingerprint density at radius 3 is 2.59 bits per heavy atom. The van der Waals surface area contributed by atoms with Crippen LogP contribution in [0.4, 0.5) is 0 Å². The van der Waals surface area contributed by atoms with E-state index in [2.05, 4.69) is 23.2 Å². The summed E-state index contributed by atoms with van der Waals surface area (Å²) < 4.78 is 6.97. The maximum atomic E-state index is 12.4. The van der Waals surface area contributed by atoms with Gasteiger partial charge in [-0.1, -0.05) is 30.3 Å². The molecule has 0 radical (unpaired) electrons. The molecule has 2 heterocycles. The first-order valence-corrected chi connectivity index (χ1v) is 7.40.